The standard InChI is InChI=1S/C20H16ClN3OS3/c1-2-12-7-9-14(10-8-12)24-17-16(28-20(24)26)18(25)23-19(22-17)27-11-13-5-3-4-6-15(13)21/h3-10H,2,11H2,1H3,(H,22,23,25). The summed E-state index contributed by atoms with van der Waals surface area (Å²) in [5.74, 6) is 0.615. The van der Waals surface area contributed by atoms with E-state index < -0.39 is 0 Å². The molecule has 0 radical (unpaired) electrons. The van der Waals surface area contributed by atoms with Gasteiger partial charge in [0.25, 0.3) is 5.56 Å². The van der Waals surface area contributed by atoms with E-state index in [0.717, 1.165) is 17.7 Å². The van der Waals surface area contributed by atoms with Crippen molar-refractivity contribution in [3.05, 3.63) is 79.0 Å². The van der Waals surface area contributed by atoms with Crippen molar-refractivity contribution >= 4 is 57.3 Å². The first-order valence-corrected chi connectivity index (χ1v) is 11.3. The number of thioether (sulfide) groups is 1. The number of H-pyrrole nitrogens is 1. The Morgan fingerprint density at radius 1 is 1.21 bits per heavy atom. The number of aryl methyl sites for hydroxylation is 1. The highest BCUT2D eigenvalue weighted by atomic mass is 35.5. The van der Waals surface area contributed by atoms with Crippen molar-refractivity contribution in [3.63, 3.8) is 0 Å². The second-order valence-corrected chi connectivity index (χ2v) is 9.14. The minimum atomic E-state index is -0.174. The number of fused-ring (bicyclic) bond motifs is 1. The lowest BCUT2D eigenvalue weighted by Gasteiger charge is -2.07. The summed E-state index contributed by atoms with van der Waals surface area (Å²) in [6.45, 7) is 2.12. The predicted molar refractivity (Wildman–Crippen MR) is 121 cm³/mol. The minimum absolute atomic E-state index is 0.174. The summed E-state index contributed by atoms with van der Waals surface area (Å²) in [5.41, 5.74) is 3.57. The number of halogens is 1. The van der Waals surface area contributed by atoms with Gasteiger partial charge in [-0.15, -0.1) is 0 Å². The monoisotopic (exact) mass is 445 g/mol. The van der Waals surface area contributed by atoms with Gasteiger partial charge in [-0.2, -0.15) is 0 Å². The summed E-state index contributed by atoms with van der Waals surface area (Å²) in [6, 6.07) is 15.8. The van der Waals surface area contributed by atoms with Crippen LogP contribution < -0.4 is 5.56 Å². The average Bonchev–Trinajstić information content (AvgIpc) is 3.04. The Kier molecular flexibility index (Phi) is 5.68. The van der Waals surface area contributed by atoms with Crippen molar-refractivity contribution in [2.45, 2.75) is 24.3 Å². The third-order valence-electron chi connectivity index (χ3n) is 4.35. The molecule has 0 amide bonds. The average molecular weight is 446 g/mol. The largest absolute Gasteiger partial charge is 0.300 e. The number of thiazole rings is 1. The minimum Gasteiger partial charge on any atom is -0.300 e. The lowest BCUT2D eigenvalue weighted by Crippen LogP contribution is -2.09. The van der Waals surface area contributed by atoms with Crippen LogP contribution in [0.3, 0.4) is 0 Å². The maximum absolute atomic E-state index is 12.6. The van der Waals surface area contributed by atoms with Gasteiger partial charge in [0.2, 0.25) is 0 Å². The number of hydrogen-bond acceptors (Lipinski definition) is 5. The van der Waals surface area contributed by atoms with Crippen molar-refractivity contribution in [2.75, 3.05) is 0 Å². The molecule has 0 fully saturated rings. The quantitative estimate of drug-likeness (QED) is 0.232. The Hall–Kier alpha value is -1.93. The van der Waals surface area contributed by atoms with Gasteiger partial charge in [0.15, 0.2) is 14.8 Å². The molecule has 2 heterocycles. The van der Waals surface area contributed by atoms with Crippen LogP contribution in [0, 0.1) is 3.95 Å². The molecule has 0 bridgehead atoms. The number of aromatic nitrogens is 3. The van der Waals surface area contributed by atoms with E-state index in [1.54, 1.807) is 0 Å². The first-order valence-electron chi connectivity index (χ1n) is 8.68. The fraction of sp³-hybridized carbons (Fsp3) is 0.150. The molecule has 0 atom stereocenters. The molecule has 0 spiro atoms. The maximum atomic E-state index is 12.6. The van der Waals surface area contributed by atoms with Gasteiger partial charge in [0, 0.05) is 16.5 Å². The van der Waals surface area contributed by atoms with Crippen molar-refractivity contribution in [3.8, 4) is 5.69 Å². The van der Waals surface area contributed by atoms with E-state index in [0.29, 0.717) is 30.2 Å². The summed E-state index contributed by atoms with van der Waals surface area (Å²) < 4.78 is 3.00. The van der Waals surface area contributed by atoms with Crippen LogP contribution in [0.1, 0.15) is 18.1 Å². The predicted octanol–water partition coefficient (Wildman–Crippen LogP) is 6.01. The van der Waals surface area contributed by atoms with Crippen molar-refractivity contribution in [1.82, 2.24) is 14.5 Å². The number of nitrogens with zero attached hydrogens (tertiary/aromatic N) is 2. The van der Waals surface area contributed by atoms with E-state index in [1.165, 1.54) is 28.7 Å². The molecule has 142 valence electrons. The first-order chi connectivity index (χ1) is 13.6. The van der Waals surface area contributed by atoms with E-state index in [-0.39, 0.29) is 5.56 Å². The number of benzene rings is 2. The fourth-order valence-electron chi connectivity index (χ4n) is 2.83. The molecule has 4 rings (SSSR count). The topological polar surface area (TPSA) is 50.7 Å². The van der Waals surface area contributed by atoms with E-state index >= 15 is 0 Å². The number of nitrogens with one attached hydrogen (secondary N) is 1. The summed E-state index contributed by atoms with van der Waals surface area (Å²) in [6.07, 6.45) is 0.969. The van der Waals surface area contributed by atoms with Gasteiger partial charge < -0.3 is 4.98 Å². The molecule has 1 N–H and O–H groups in total. The highest BCUT2D eigenvalue weighted by Crippen LogP contribution is 2.27. The lowest BCUT2D eigenvalue weighted by atomic mass is 10.1. The van der Waals surface area contributed by atoms with Crippen LogP contribution in [0.25, 0.3) is 16.0 Å². The van der Waals surface area contributed by atoms with Crippen molar-refractivity contribution < 1.29 is 0 Å². The van der Waals surface area contributed by atoms with Crippen LogP contribution in [0.4, 0.5) is 0 Å². The van der Waals surface area contributed by atoms with Crippen LogP contribution >= 0.6 is 46.9 Å². The van der Waals surface area contributed by atoms with Crippen LogP contribution in [0.2, 0.25) is 5.02 Å². The van der Waals surface area contributed by atoms with Gasteiger partial charge in [0.1, 0.15) is 4.70 Å². The van der Waals surface area contributed by atoms with Crippen molar-refractivity contribution in [2.24, 2.45) is 0 Å². The number of rotatable bonds is 5. The molecule has 0 unspecified atom stereocenters. The first kappa shape index (κ1) is 19.4. The molecular formula is C20H16ClN3OS3. The maximum Gasteiger partial charge on any atom is 0.271 e. The Morgan fingerprint density at radius 2 is 1.96 bits per heavy atom. The normalized spacial score (nSPS) is 11.2. The zero-order valence-corrected chi connectivity index (χ0v) is 18.1. The molecule has 0 aliphatic carbocycles. The summed E-state index contributed by atoms with van der Waals surface area (Å²) in [7, 11) is 0. The third kappa shape index (κ3) is 3.80. The molecule has 4 aromatic rings. The van der Waals surface area contributed by atoms with Gasteiger partial charge in [-0.05, 0) is 48.0 Å². The highest BCUT2D eigenvalue weighted by Gasteiger charge is 2.14. The zero-order chi connectivity index (χ0) is 19.7. The second-order valence-electron chi connectivity index (χ2n) is 6.13. The molecule has 0 saturated heterocycles. The number of aromatic amines is 1. The van der Waals surface area contributed by atoms with Crippen LogP contribution in [-0.2, 0) is 12.2 Å². The van der Waals surface area contributed by atoms with Gasteiger partial charge in [-0.25, -0.2) is 4.98 Å². The van der Waals surface area contributed by atoms with E-state index in [1.807, 2.05) is 41.0 Å². The Balaban J connectivity index is 1.75. The van der Waals surface area contributed by atoms with Crippen LogP contribution in [0.15, 0.2) is 58.5 Å². The smallest absolute Gasteiger partial charge is 0.271 e. The third-order valence-corrected chi connectivity index (χ3v) is 7.00. The SMILES string of the molecule is CCc1ccc(-n2c(=S)sc3c(=O)[nH]c(SCc4ccccc4Cl)nc32)cc1. The van der Waals surface area contributed by atoms with Crippen LogP contribution in [-0.4, -0.2) is 14.5 Å². The summed E-state index contributed by atoms with van der Waals surface area (Å²) in [4.78, 5) is 20.1. The molecule has 2 aromatic heterocycles. The second kappa shape index (κ2) is 8.21. The Labute approximate surface area is 180 Å². The molecule has 2 aromatic carbocycles. The summed E-state index contributed by atoms with van der Waals surface area (Å²) in [5, 5.41) is 1.25. The Bertz CT molecular complexity index is 1260. The van der Waals surface area contributed by atoms with Gasteiger partial charge >= 0.3 is 0 Å². The molecular weight excluding hydrogens is 430 g/mol. The molecule has 8 heteroatoms. The fourth-order valence-corrected chi connectivity index (χ4v) is 5.24. The zero-order valence-electron chi connectivity index (χ0n) is 14.9. The van der Waals surface area contributed by atoms with Gasteiger partial charge in [-0.1, -0.05) is 72.0 Å². The summed E-state index contributed by atoms with van der Waals surface area (Å²) >= 11 is 14.5. The van der Waals surface area contributed by atoms with Crippen molar-refractivity contribution in [1.29, 1.82) is 0 Å². The molecule has 0 aliphatic rings. The van der Waals surface area contributed by atoms with Gasteiger partial charge in [0.05, 0.1) is 0 Å². The van der Waals surface area contributed by atoms with Crippen LogP contribution in [0.5, 0.6) is 0 Å². The molecule has 0 aliphatic heterocycles. The van der Waals surface area contributed by atoms with E-state index in [4.69, 9.17) is 28.8 Å². The Morgan fingerprint density at radius 3 is 2.68 bits per heavy atom. The molecule has 28 heavy (non-hydrogen) atoms. The highest BCUT2D eigenvalue weighted by molar-refractivity contribution is 7.98. The number of hydrogen-bond donors (Lipinski definition) is 1. The van der Waals surface area contributed by atoms with E-state index in [2.05, 4.69) is 24.0 Å². The molecule has 4 nitrogen and oxygen atoms in total. The molecule has 0 saturated carbocycles. The van der Waals surface area contributed by atoms with E-state index in [9.17, 15) is 4.79 Å². The lowest BCUT2D eigenvalue weighted by molar-refractivity contribution is 0.942. The van der Waals surface area contributed by atoms with Gasteiger partial charge in [-0.3, -0.25) is 9.36 Å².